The van der Waals surface area contributed by atoms with E-state index in [4.69, 9.17) is 9.47 Å². The summed E-state index contributed by atoms with van der Waals surface area (Å²) in [7, 11) is 0. The van der Waals surface area contributed by atoms with Crippen molar-refractivity contribution in [2.24, 2.45) is 0 Å². The average molecular weight is 319 g/mol. The van der Waals surface area contributed by atoms with Gasteiger partial charge in [0.1, 0.15) is 5.75 Å². The van der Waals surface area contributed by atoms with Crippen LogP contribution in [0.4, 0.5) is 0 Å². The summed E-state index contributed by atoms with van der Waals surface area (Å²) in [5, 5.41) is 2.81. The monoisotopic (exact) mass is 319 g/mol. The van der Waals surface area contributed by atoms with Crippen LogP contribution in [0.3, 0.4) is 0 Å². The van der Waals surface area contributed by atoms with Crippen molar-refractivity contribution in [2.45, 2.75) is 39.7 Å². The molecule has 0 heterocycles. The lowest BCUT2D eigenvalue weighted by molar-refractivity contribution is -0.144. The zero-order valence-corrected chi connectivity index (χ0v) is 14.0. The van der Waals surface area contributed by atoms with Crippen molar-refractivity contribution < 1.29 is 19.1 Å². The first-order chi connectivity index (χ1) is 11.1. The van der Waals surface area contributed by atoms with Crippen molar-refractivity contribution in [1.29, 1.82) is 0 Å². The van der Waals surface area contributed by atoms with Gasteiger partial charge in [-0.25, -0.2) is 4.79 Å². The van der Waals surface area contributed by atoms with Gasteiger partial charge < -0.3 is 14.8 Å². The molecule has 23 heavy (non-hydrogen) atoms. The fourth-order valence-electron chi connectivity index (χ4n) is 1.95. The molecule has 0 radical (unpaired) electrons. The number of esters is 1. The molecule has 0 aliphatic carbocycles. The van der Waals surface area contributed by atoms with Crippen LogP contribution in [-0.2, 0) is 14.3 Å². The summed E-state index contributed by atoms with van der Waals surface area (Å²) in [6.45, 7) is 6.27. The Balaban J connectivity index is 2.39. The van der Waals surface area contributed by atoms with E-state index in [0.717, 1.165) is 24.2 Å². The zero-order chi connectivity index (χ0) is 17.1. The highest BCUT2D eigenvalue weighted by atomic mass is 16.5. The van der Waals surface area contributed by atoms with E-state index in [2.05, 4.69) is 5.32 Å². The smallest absolute Gasteiger partial charge is 0.331 e. The van der Waals surface area contributed by atoms with E-state index in [9.17, 15) is 9.59 Å². The van der Waals surface area contributed by atoms with Gasteiger partial charge >= 0.3 is 5.97 Å². The molecule has 0 atom stereocenters. The van der Waals surface area contributed by atoms with Crippen LogP contribution in [0.2, 0.25) is 0 Å². The summed E-state index contributed by atoms with van der Waals surface area (Å²) in [5.74, 6) is -0.0367. The zero-order valence-electron chi connectivity index (χ0n) is 14.0. The predicted octanol–water partition coefficient (Wildman–Crippen LogP) is 2.95. The van der Waals surface area contributed by atoms with Crippen LogP contribution in [0, 0.1) is 0 Å². The average Bonchev–Trinajstić information content (AvgIpc) is 2.57. The van der Waals surface area contributed by atoms with Crippen molar-refractivity contribution in [3.05, 3.63) is 35.9 Å². The Morgan fingerprint density at radius 2 is 1.78 bits per heavy atom. The molecule has 0 saturated heterocycles. The lowest BCUT2D eigenvalue weighted by Crippen LogP contribution is -2.36. The lowest BCUT2D eigenvalue weighted by atomic mass is 10.2. The van der Waals surface area contributed by atoms with Gasteiger partial charge in [0.15, 0.2) is 6.61 Å². The molecular formula is C18H25NO4. The summed E-state index contributed by atoms with van der Waals surface area (Å²) >= 11 is 0. The van der Waals surface area contributed by atoms with Crippen molar-refractivity contribution in [3.8, 4) is 5.75 Å². The number of nitrogens with one attached hydrogen (secondary N) is 1. The number of carbonyl (C=O) groups excluding carboxylic acids is 2. The molecule has 0 unspecified atom stereocenters. The second-order valence-corrected chi connectivity index (χ2v) is 5.02. The minimum absolute atomic E-state index is 0.126. The highest BCUT2D eigenvalue weighted by molar-refractivity contribution is 5.89. The molecule has 0 bridgehead atoms. The largest absolute Gasteiger partial charge is 0.494 e. The Morgan fingerprint density at radius 1 is 1.13 bits per heavy atom. The van der Waals surface area contributed by atoms with E-state index in [-0.39, 0.29) is 18.6 Å². The molecular weight excluding hydrogens is 294 g/mol. The molecule has 0 fully saturated rings. The third-order valence-electron chi connectivity index (χ3n) is 3.30. The van der Waals surface area contributed by atoms with Gasteiger partial charge in [-0.2, -0.15) is 0 Å². The summed E-state index contributed by atoms with van der Waals surface area (Å²) in [6, 6.07) is 7.47. The number of amides is 1. The molecule has 1 N–H and O–H groups in total. The number of carbonyl (C=O) groups is 2. The van der Waals surface area contributed by atoms with Crippen LogP contribution >= 0.6 is 0 Å². The molecule has 1 amide bonds. The van der Waals surface area contributed by atoms with E-state index in [1.807, 2.05) is 45.0 Å². The van der Waals surface area contributed by atoms with Crippen LogP contribution in [0.15, 0.2) is 30.3 Å². The van der Waals surface area contributed by atoms with E-state index in [1.54, 1.807) is 6.08 Å². The molecule has 0 aliphatic heterocycles. The van der Waals surface area contributed by atoms with Crippen LogP contribution in [0.5, 0.6) is 5.75 Å². The van der Waals surface area contributed by atoms with Gasteiger partial charge in [0.05, 0.1) is 6.61 Å². The molecule has 0 spiro atoms. The van der Waals surface area contributed by atoms with E-state index in [1.165, 1.54) is 6.08 Å². The van der Waals surface area contributed by atoms with Crippen molar-refractivity contribution in [2.75, 3.05) is 13.2 Å². The van der Waals surface area contributed by atoms with Crippen LogP contribution in [0.25, 0.3) is 6.08 Å². The van der Waals surface area contributed by atoms with Gasteiger partial charge in [-0.3, -0.25) is 4.79 Å². The lowest BCUT2D eigenvalue weighted by Gasteiger charge is -2.14. The van der Waals surface area contributed by atoms with Gasteiger partial charge in [-0.15, -0.1) is 0 Å². The third-order valence-corrected chi connectivity index (χ3v) is 3.30. The molecule has 1 aromatic rings. The van der Waals surface area contributed by atoms with Gasteiger partial charge in [0, 0.05) is 12.1 Å². The van der Waals surface area contributed by atoms with Crippen molar-refractivity contribution in [3.63, 3.8) is 0 Å². The van der Waals surface area contributed by atoms with E-state index >= 15 is 0 Å². The number of hydrogen-bond donors (Lipinski definition) is 1. The predicted molar refractivity (Wildman–Crippen MR) is 90.1 cm³/mol. The van der Waals surface area contributed by atoms with Gasteiger partial charge in [0.25, 0.3) is 5.91 Å². The van der Waals surface area contributed by atoms with E-state index < -0.39 is 5.97 Å². The first kappa shape index (κ1) is 18.7. The molecule has 5 nitrogen and oxygen atoms in total. The summed E-state index contributed by atoms with van der Waals surface area (Å²) < 4.78 is 10.3. The number of hydrogen-bond acceptors (Lipinski definition) is 4. The maximum absolute atomic E-state index is 11.6. The number of ether oxygens (including phenoxy) is 2. The molecule has 0 aliphatic rings. The highest BCUT2D eigenvalue weighted by Crippen LogP contribution is 2.13. The number of rotatable bonds is 9. The Hall–Kier alpha value is -2.30. The first-order valence-electron chi connectivity index (χ1n) is 7.96. The van der Waals surface area contributed by atoms with Crippen molar-refractivity contribution >= 4 is 18.0 Å². The Kier molecular flexibility index (Phi) is 8.50. The SMILES string of the molecule is CCOc1ccc(/C=C/C(=O)OCC(=O)NC(CC)CC)cc1. The third kappa shape index (κ3) is 7.49. The molecule has 126 valence electrons. The van der Waals surface area contributed by atoms with Crippen molar-refractivity contribution in [1.82, 2.24) is 5.32 Å². The minimum Gasteiger partial charge on any atom is -0.494 e. The van der Waals surface area contributed by atoms with Gasteiger partial charge in [0.2, 0.25) is 0 Å². The second kappa shape index (κ2) is 10.4. The highest BCUT2D eigenvalue weighted by Gasteiger charge is 2.09. The first-order valence-corrected chi connectivity index (χ1v) is 7.96. The Morgan fingerprint density at radius 3 is 2.35 bits per heavy atom. The fourth-order valence-corrected chi connectivity index (χ4v) is 1.95. The second-order valence-electron chi connectivity index (χ2n) is 5.02. The summed E-state index contributed by atoms with van der Waals surface area (Å²) in [5.41, 5.74) is 0.854. The fraction of sp³-hybridized carbons (Fsp3) is 0.444. The molecule has 1 aromatic carbocycles. The maximum atomic E-state index is 11.6. The normalized spacial score (nSPS) is 10.8. The molecule has 0 aromatic heterocycles. The summed E-state index contributed by atoms with van der Waals surface area (Å²) in [4.78, 5) is 23.2. The van der Waals surface area contributed by atoms with E-state index in [0.29, 0.717) is 6.61 Å². The van der Waals surface area contributed by atoms with Crippen LogP contribution in [-0.4, -0.2) is 31.1 Å². The van der Waals surface area contributed by atoms with Gasteiger partial charge in [-0.05, 0) is 43.5 Å². The number of benzene rings is 1. The minimum atomic E-state index is -0.543. The topological polar surface area (TPSA) is 64.6 Å². The van der Waals surface area contributed by atoms with Gasteiger partial charge in [-0.1, -0.05) is 26.0 Å². The molecule has 5 heteroatoms. The van der Waals surface area contributed by atoms with Crippen LogP contribution in [0.1, 0.15) is 39.2 Å². The molecule has 1 rings (SSSR count). The van der Waals surface area contributed by atoms with Crippen LogP contribution < -0.4 is 10.1 Å². The maximum Gasteiger partial charge on any atom is 0.331 e. The Bertz CT molecular complexity index is 518. The quantitative estimate of drug-likeness (QED) is 0.561. The summed E-state index contributed by atoms with van der Waals surface area (Å²) in [6.07, 6.45) is 4.65. The molecule has 0 saturated carbocycles. The Labute approximate surface area is 137 Å². The standard InChI is InChI=1S/C18H25NO4/c1-4-15(5-2)19-17(20)13-23-18(21)12-9-14-7-10-16(11-8-14)22-6-3/h7-12,15H,4-6,13H2,1-3H3,(H,19,20)/b12-9+.